The molecule has 3 heterocycles. The molecule has 1 atom stereocenters. The molecule has 0 radical (unpaired) electrons. The van der Waals surface area contributed by atoms with Crippen LogP contribution in [0.4, 0.5) is 9.52 Å². The molecule has 10 heteroatoms. The zero-order chi connectivity index (χ0) is 21.3. The molecule has 1 unspecified atom stereocenters. The highest BCUT2D eigenvalue weighted by molar-refractivity contribution is 7.91. The molecule has 158 valence electrons. The van der Waals surface area contributed by atoms with Crippen LogP contribution in [0, 0.1) is 18.7 Å². The molecule has 6 nitrogen and oxygen atoms in total. The standard InChI is InChI=1S/C20H20FN3O3S3/c1-13-18(14-6-8-16(21)9-7-14)22-20(29-13)23-19(25)15-4-2-10-24(12-15)30(26,27)17-5-3-11-28-17/h3,5-9,11,15H,2,4,10,12H2,1H3,(H,22,23,25). The van der Waals surface area contributed by atoms with Gasteiger partial charge in [0.25, 0.3) is 10.0 Å². The van der Waals surface area contributed by atoms with Gasteiger partial charge in [-0.2, -0.15) is 4.31 Å². The van der Waals surface area contributed by atoms with E-state index in [-0.39, 0.29) is 18.3 Å². The second-order valence-corrected chi connectivity index (χ2v) is 11.4. The van der Waals surface area contributed by atoms with E-state index < -0.39 is 15.9 Å². The molecule has 4 rings (SSSR count). The number of halogens is 1. The first-order chi connectivity index (χ1) is 14.3. The summed E-state index contributed by atoms with van der Waals surface area (Å²) in [5.41, 5.74) is 1.47. The van der Waals surface area contributed by atoms with Crippen LogP contribution in [0.1, 0.15) is 17.7 Å². The van der Waals surface area contributed by atoms with Crippen molar-refractivity contribution in [1.82, 2.24) is 9.29 Å². The molecule has 0 saturated carbocycles. The number of rotatable bonds is 5. The Bertz CT molecular complexity index is 1140. The summed E-state index contributed by atoms with van der Waals surface area (Å²) in [4.78, 5) is 18.2. The zero-order valence-corrected chi connectivity index (χ0v) is 18.6. The largest absolute Gasteiger partial charge is 0.302 e. The Labute approximate surface area is 182 Å². The number of thiazole rings is 1. The number of piperidine rings is 1. The number of nitrogens with zero attached hydrogens (tertiary/aromatic N) is 2. The van der Waals surface area contributed by atoms with Gasteiger partial charge in [-0.15, -0.1) is 22.7 Å². The van der Waals surface area contributed by atoms with Crippen molar-refractivity contribution in [3.8, 4) is 11.3 Å². The lowest BCUT2D eigenvalue weighted by Crippen LogP contribution is -2.43. The fraction of sp³-hybridized carbons (Fsp3) is 0.300. The summed E-state index contributed by atoms with van der Waals surface area (Å²) in [5, 5.41) is 5.02. The van der Waals surface area contributed by atoms with Crippen LogP contribution in [0.2, 0.25) is 0 Å². The molecule has 3 aromatic rings. The van der Waals surface area contributed by atoms with Gasteiger partial charge in [-0.05, 0) is 55.5 Å². The fourth-order valence-electron chi connectivity index (χ4n) is 3.45. The van der Waals surface area contributed by atoms with Gasteiger partial charge in [0.1, 0.15) is 10.0 Å². The minimum absolute atomic E-state index is 0.154. The van der Waals surface area contributed by atoms with E-state index in [1.807, 2.05) is 6.92 Å². The van der Waals surface area contributed by atoms with Crippen molar-refractivity contribution < 1.29 is 17.6 Å². The number of hydrogen-bond acceptors (Lipinski definition) is 6. The highest BCUT2D eigenvalue weighted by Gasteiger charge is 2.34. The van der Waals surface area contributed by atoms with E-state index in [2.05, 4.69) is 10.3 Å². The second-order valence-electron chi connectivity index (χ2n) is 7.05. The minimum atomic E-state index is -3.57. The molecule has 1 saturated heterocycles. The second kappa shape index (κ2) is 8.54. The van der Waals surface area contributed by atoms with Gasteiger partial charge in [0, 0.05) is 23.5 Å². The molecule has 0 bridgehead atoms. The number of nitrogens with one attached hydrogen (secondary N) is 1. The molecule has 1 aliphatic rings. The molecular formula is C20H20FN3O3S3. The molecule has 1 amide bonds. The van der Waals surface area contributed by atoms with Crippen molar-refractivity contribution in [3.63, 3.8) is 0 Å². The van der Waals surface area contributed by atoms with Gasteiger partial charge in [-0.3, -0.25) is 4.79 Å². The number of carbonyl (C=O) groups excluding carboxylic acids is 1. The lowest BCUT2D eigenvalue weighted by molar-refractivity contribution is -0.120. The molecule has 1 aliphatic heterocycles. The van der Waals surface area contributed by atoms with Gasteiger partial charge in [0.15, 0.2) is 5.13 Å². The highest BCUT2D eigenvalue weighted by atomic mass is 32.2. The number of carbonyl (C=O) groups is 1. The molecular weight excluding hydrogens is 445 g/mol. The Morgan fingerprint density at radius 1 is 1.27 bits per heavy atom. The van der Waals surface area contributed by atoms with Gasteiger partial charge < -0.3 is 5.32 Å². The zero-order valence-electron chi connectivity index (χ0n) is 16.2. The normalized spacial score (nSPS) is 17.7. The Balaban J connectivity index is 1.46. The summed E-state index contributed by atoms with van der Waals surface area (Å²) in [7, 11) is -3.57. The number of benzene rings is 1. The number of thiophene rings is 1. The monoisotopic (exact) mass is 465 g/mol. The molecule has 0 spiro atoms. The van der Waals surface area contributed by atoms with Crippen LogP contribution < -0.4 is 5.32 Å². The highest BCUT2D eigenvalue weighted by Crippen LogP contribution is 2.32. The van der Waals surface area contributed by atoms with Gasteiger partial charge in [-0.25, -0.2) is 17.8 Å². The van der Waals surface area contributed by atoms with Crippen molar-refractivity contribution in [2.24, 2.45) is 5.92 Å². The number of hydrogen-bond donors (Lipinski definition) is 1. The SMILES string of the molecule is Cc1sc(NC(=O)C2CCCN(S(=O)(=O)c3cccs3)C2)nc1-c1ccc(F)cc1. The molecule has 1 N–H and O–H groups in total. The van der Waals surface area contributed by atoms with Gasteiger partial charge in [0.05, 0.1) is 11.6 Å². The Morgan fingerprint density at radius 2 is 2.03 bits per heavy atom. The van der Waals surface area contributed by atoms with Crippen LogP contribution in [0.15, 0.2) is 46.0 Å². The third kappa shape index (κ3) is 4.31. The summed E-state index contributed by atoms with van der Waals surface area (Å²) in [6, 6.07) is 9.33. The lowest BCUT2D eigenvalue weighted by atomic mass is 9.99. The maximum Gasteiger partial charge on any atom is 0.252 e. The van der Waals surface area contributed by atoms with Crippen LogP contribution in [0.3, 0.4) is 0 Å². The average Bonchev–Trinajstić information content (AvgIpc) is 3.39. The topological polar surface area (TPSA) is 79.4 Å². The number of aromatic nitrogens is 1. The van der Waals surface area contributed by atoms with Crippen LogP contribution >= 0.6 is 22.7 Å². The smallest absolute Gasteiger partial charge is 0.252 e. The van der Waals surface area contributed by atoms with E-state index in [9.17, 15) is 17.6 Å². The Kier molecular flexibility index (Phi) is 6.01. The minimum Gasteiger partial charge on any atom is -0.302 e. The number of anilines is 1. The van der Waals surface area contributed by atoms with Gasteiger partial charge in [-0.1, -0.05) is 6.07 Å². The number of sulfonamides is 1. The Morgan fingerprint density at radius 3 is 2.73 bits per heavy atom. The number of amides is 1. The van der Waals surface area contributed by atoms with Gasteiger partial charge in [0.2, 0.25) is 5.91 Å². The third-order valence-corrected chi connectivity index (χ3v) is 9.11. The molecule has 0 aliphatic carbocycles. The fourth-order valence-corrected chi connectivity index (χ4v) is 6.95. The first kappa shape index (κ1) is 21.1. The van der Waals surface area contributed by atoms with Crippen molar-refractivity contribution >= 4 is 43.7 Å². The van der Waals surface area contributed by atoms with Crippen molar-refractivity contribution in [2.75, 3.05) is 18.4 Å². The quantitative estimate of drug-likeness (QED) is 0.607. The van der Waals surface area contributed by atoms with Crippen LogP contribution in [-0.4, -0.2) is 36.7 Å². The van der Waals surface area contributed by atoms with Crippen molar-refractivity contribution in [3.05, 3.63) is 52.5 Å². The van der Waals surface area contributed by atoms with Crippen LogP contribution in [0.5, 0.6) is 0 Å². The molecule has 1 fully saturated rings. The lowest BCUT2D eigenvalue weighted by Gasteiger charge is -2.30. The predicted octanol–water partition coefficient (Wildman–Crippen LogP) is 4.36. The van der Waals surface area contributed by atoms with E-state index in [4.69, 9.17) is 0 Å². The molecule has 2 aromatic heterocycles. The molecule has 30 heavy (non-hydrogen) atoms. The van der Waals surface area contributed by atoms with E-state index in [1.54, 1.807) is 29.6 Å². The first-order valence-corrected chi connectivity index (χ1v) is 12.6. The van der Waals surface area contributed by atoms with E-state index in [0.29, 0.717) is 34.4 Å². The van der Waals surface area contributed by atoms with E-state index in [0.717, 1.165) is 10.4 Å². The Hall–Kier alpha value is -2.14. The van der Waals surface area contributed by atoms with Gasteiger partial charge >= 0.3 is 0 Å². The predicted molar refractivity (Wildman–Crippen MR) is 117 cm³/mol. The maximum atomic E-state index is 13.2. The summed E-state index contributed by atoms with van der Waals surface area (Å²) in [6.45, 7) is 2.46. The summed E-state index contributed by atoms with van der Waals surface area (Å²) in [5.74, 6) is -0.994. The van der Waals surface area contributed by atoms with E-state index >= 15 is 0 Å². The average molecular weight is 466 g/mol. The summed E-state index contributed by atoms with van der Waals surface area (Å²) in [6.07, 6.45) is 1.25. The van der Waals surface area contributed by atoms with Crippen molar-refractivity contribution in [1.29, 1.82) is 0 Å². The van der Waals surface area contributed by atoms with E-state index in [1.165, 1.54) is 39.1 Å². The van der Waals surface area contributed by atoms with Crippen molar-refractivity contribution in [2.45, 2.75) is 24.0 Å². The molecule has 1 aromatic carbocycles. The third-order valence-electron chi connectivity index (χ3n) is 4.99. The van der Waals surface area contributed by atoms with Crippen LogP contribution in [0.25, 0.3) is 11.3 Å². The first-order valence-electron chi connectivity index (χ1n) is 9.42. The van der Waals surface area contributed by atoms with Crippen LogP contribution in [-0.2, 0) is 14.8 Å². The number of aryl methyl sites for hydroxylation is 1. The summed E-state index contributed by atoms with van der Waals surface area (Å²) >= 11 is 2.52. The summed E-state index contributed by atoms with van der Waals surface area (Å²) < 4.78 is 40.4. The maximum absolute atomic E-state index is 13.2.